The molecule has 0 unspecified atom stereocenters. The van der Waals surface area contributed by atoms with E-state index < -0.39 is 5.91 Å². The third-order valence-electron chi connectivity index (χ3n) is 5.31. The second-order valence-electron chi connectivity index (χ2n) is 7.43. The van der Waals surface area contributed by atoms with E-state index in [1.807, 2.05) is 48.5 Å². The number of benzene rings is 2. The van der Waals surface area contributed by atoms with Crippen molar-refractivity contribution in [3.05, 3.63) is 60.3 Å². The van der Waals surface area contributed by atoms with E-state index in [1.54, 1.807) is 18.7 Å². The molecule has 0 fully saturated rings. The van der Waals surface area contributed by atoms with Crippen molar-refractivity contribution in [1.82, 2.24) is 20.8 Å². The minimum atomic E-state index is -0.439. The number of hydrogen-bond acceptors (Lipinski definition) is 5. The van der Waals surface area contributed by atoms with Gasteiger partial charge in [0.15, 0.2) is 0 Å². The topological polar surface area (TPSA) is 116 Å². The summed E-state index contributed by atoms with van der Waals surface area (Å²) in [6, 6.07) is 17.3. The summed E-state index contributed by atoms with van der Waals surface area (Å²) in [7, 11) is 1.61. The van der Waals surface area contributed by atoms with Crippen LogP contribution in [0.1, 0.15) is 29.8 Å². The molecule has 164 valence electrons. The molecule has 2 amide bonds. The van der Waals surface area contributed by atoms with Gasteiger partial charge >= 0.3 is 0 Å². The Morgan fingerprint density at radius 1 is 1.06 bits per heavy atom. The molecule has 2 aromatic heterocycles. The Labute approximate surface area is 184 Å². The van der Waals surface area contributed by atoms with Crippen molar-refractivity contribution in [1.29, 1.82) is 0 Å². The van der Waals surface area contributed by atoms with Crippen molar-refractivity contribution >= 4 is 33.6 Å². The van der Waals surface area contributed by atoms with Gasteiger partial charge in [-0.2, -0.15) is 0 Å². The third kappa shape index (κ3) is 4.40. The van der Waals surface area contributed by atoms with Crippen LogP contribution >= 0.6 is 0 Å². The lowest BCUT2D eigenvalue weighted by atomic mass is 10.1. The van der Waals surface area contributed by atoms with Crippen LogP contribution in [0.25, 0.3) is 33.1 Å². The minimum Gasteiger partial charge on any atom is -0.497 e. The predicted molar refractivity (Wildman–Crippen MR) is 122 cm³/mol. The van der Waals surface area contributed by atoms with Crippen molar-refractivity contribution < 1.29 is 19.5 Å². The zero-order valence-corrected chi connectivity index (χ0v) is 17.6. The van der Waals surface area contributed by atoms with Gasteiger partial charge in [-0.3, -0.25) is 14.8 Å². The smallest absolute Gasteiger partial charge is 0.269 e. The summed E-state index contributed by atoms with van der Waals surface area (Å²) in [5.74, 6) is -0.0195. The van der Waals surface area contributed by atoms with Gasteiger partial charge < -0.3 is 15.0 Å². The van der Waals surface area contributed by atoms with Gasteiger partial charge in [-0.05, 0) is 37.1 Å². The van der Waals surface area contributed by atoms with Crippen LogP contribution in [0.3, 0.4) is 0 Å². The van der Waals surface area contributed by atoms with Crippen LogP contribution in [-0.2, 0) is 4.79 Å². The maximum Gasteiger partial charge on any atom is 0.269 e. The summed E-state index contributed by atoms with van der Waals surface area (Å²) < 4.78 is 5.36. The molecule has 8 heteroatoms. The van der Waals surface area contributed by atoms with Crippen LogP contribution in [-0.4, -0.2) is 40.6 Å². The fourth-order valence-corrected chi connectivity index (χ4v) is 3.70. The first kappa shape index (κ1) is 21.3. The molecule has 0 saturated heterocycles. The van der Waals surface area contributed by atoms with Gasteiger partial charge in [-0.15, -0.1) is 0 Å². The molecular weight excluding hydrogens is 408 g/mol. The summed E-state index contributed by atoms with van der Waals surface area (Å²) in [4.78, 5) is 32.1. The molecule has 4 rings (SSSR count). The zero-order valence-electron chi connectivity index (χ0n) is 17.6. The van der Waals surface area contributed by atoms with Gasteiger partial charge in [0, 0.05) is 34.8 Å². The number of aromatic amines is 1. The largest absolute Gasteiger partial charge is 0.497 e. The number of pyridine rings is 1. The molecule has 0 spiro atoms. The normalized spacial score (nSPS) is 10.9. The number of nitrogens with one attached hydrogen (secondary N) is 3. The first-order valence-corrected chi connectivity index (χ1v) is 10.4. The number of ether oxygens (including phenoxy) is 1. The highest BCUT2D eigenvalue weighted by Crippen LogP contribution is 2.33. The SMILES string of the molecule is COc1cccc(-c2nc(C(=O)NCCCCC(=O)NO)cc3c2[nH]c2ccccc23)c1. The predicted octanol–water partition coefficient (Wildman–Crippen LogP) is 3.80. The van der Waals surface area contributed by atoms with Gasteiger partial charge in [-0.25, -0.2) is 10.5 Å². The average Bonchev–Trinajstić information content (AvgIpc) is 3.21. The molecule has 4 aromatic rings. The zero-order chi connectivity index (χ0) is 22.5. The summed E-state index contributed by atoms with van der Waals surface area (Å²) >= 11 is 0. The Bertz CT molecular complexity index is 1280. The quantitative estimate of drug-likeness (QED) is 0.192. The van der Waals surface area contributed by atoms with Crippen LogP contribution in [0.5, 0.6) is 5.75 Å². The number of carbonyl (C=O) groups is 2. The lowest BCUT2D eigenvalue weighted by Crippen LogP contribution is -2.26. The van der Waals surface area contributed by atoms with Crippen LogP contribution in [0.2, 0.25) is 0 Å². The van der Waals surface area contributed by atoms with Crippen LogP contribution < -0.4 is 15.5 Å². The number of aromatic nitrogens is 2. The highest BCUT2D eigenvalue weighted by Gasteiger charge is 2.17. The molecule has 0 bridgehead atoms. The van der Waals surface area contributed by atoms with Crippen molar-refractivity contribution in [3.63, 3.8) is 0 Å². The van der Waals surface area contributed by atoms with Gasteiger partial charge in [0.2, 0.25) is 5.91 Å². The number of rotatable bonds is 8. The Balaban J connectivity index is 1.68. The van der Waals surface area contributed by atoms with Gasteiger partial charge in [0.05, 0.1) is 18.3 Å². The summed E-state index contributed by atoms with van der Waals surface area (Å²) in [6.45, 7) is 0.402. The van der Waals surface area contributed by atoms with E-state index in [2.05, 4.69) is 15.3 Å². The second kappa shape index (κ2) is 9.49. The molecule has 2 aromatic carbocycles. The number of amides is 2. The molecule has 4 N–H and O–H groups in total. The standard InChI is InChI=1S/C24H24N4O4/c1-32-16-8-6-7-15(13-16)22-23-18(17-9-2-3-10-19(17)26-23)14-20(27-22)24(30)25-12-5-4-11-21(29)28-31/h2-3,6-10,13-14,26,31H,4-5,11-12H2,1H3,(H,25,30)(H,28,29). The Hall–Kier alpha value is -3.91. The first-order valence-electron chi connectivity index (χ1n) is 10.4. The Kier molecular flexibility index (Phi) is 6.32. The monoisotopic (exact) mass is 432 g/mol. The number of para-hydroxylation sites is 1. The highest BCUT2D eigenvalue weighted by molar-refractivity contribution is 6.13. The third-order valence-corrected chi connectivity index (χ3v) is 5.31. The Morgan fingerprint density at radius 2 is 1.91 bits per heavy atom. The molecule has 0 saturated carbocycles. The van der Waals surface area contributed by atoms with Gasteiger partial charge in [0.25, 0.3) is 5.91 Å². The fraction of sp³-hybridized carbons (Fsp3) is 0.208. The average molecular weight is 432 g/mol. The lowest BCUT2D eigenvalue weighted by molar-refractivity contribution is -0.129. The lowest BCUT2D eigenvalue weighted by Gasteiger charge is -2.09. The minimum absolute atomic E-state index is 0.200. The maximum atomic E-state index is 12.9. The van der Waals surface area contributed by atoms with E-state index in [-0.39, 0.29) is 12.3 Å². The fourth-order valence-electron chi connectivity index (χ4n) is 3.70. The number of hydroxylamine groups is 1. The van der Waals surface area contributed by atoms with Crippen molar-refractivity contribution in [2.24, 2.45) is 0 Å². The highest BCUT2D eigenvalue weighted by atomic mass is 16.5. The number of methoxy groups -OCH3 is 1. The van der Waals surface area contributed by atoms with E-state index in [9.17, 15) is 9.59 Å². The van der Waals surface area contributed by atoms with Crippen LogP contribution in [0.4, 0.5) is 0 Å². The molecule has 0 radical (unpaired) electrons. The summed E-state index contributed by atoms with van der Waals surface area (Å²) in [5, 5.41) is 13.3. The molecule has 0 aliphatic rings. The van der Waals surface area contributed by atoms with E-state index in [0.717, 1.165) is 27.4 Å². The van der Waals surface area contributed by atoms with E-state index in [0.29, 0.717) is 36.5 Å². The molecular formula is C24H24N4O4. The number of carbonyl (C=O) groups excluding carboxylic acids is 2. The number of hydrogen-bond donors (Lipinski definition) is 4. The number of fused-ring (bicyclic) bond motifs is 3. The number of nitrogens with zero attached hydrogens (tertiary/aromatic N) is 1. The van der Waals surface area contributed by atoms with E-state index >= 15 is 0 Å². The van der Waals surface area contributed by atoms with E-state index in [1.165, 1.54) is 0 Å². The molecule has 32 heavy (non-hydrogen) atoms. The van der Waals surface area contributed by atoms with Gasteiger partial charge in [0.1, 0.15) is 11.4 Å². The summed E-state index contributed by atoms with van der Waals surface area (Å²) in [6.07, 6.45) is 1.36. The van der Waals surface area contributed by atoms with Crippen molar-refractivity contribution in [2.75, 3.05) is 13.7 Å². The Morgan fingerprint density at radius 3 is 2.72 bits per heavy atom. The molecule has 2 heterocycles. The van der Waals surface area contributed by atoms with Crippen molar-refractivity contribution in [2.45, 2.75) is 19.3 Å². The molecule has 8 nitrogen and oxygen atoms in total. The molecule has 0 atom stereocenters. The number of H-pyrrole nitrogens is 1. The molecule has 0 aliphatic heterocycles. The van der Waals surface area contributed by atoms with Crippen LogP contribution in [0.15, 0.2) is 54.6 Å². The number of unbranched alkanes of at least 4 members (excludes halogenated alkanes) is 1. The van der Waals surface area contributed by atoms with E-state index in [4.69, 9.17) is 9.94 Å². The summed E-state index contributed by atoms with van der Waals surface area (Å²) in [5.41, 5.74) is 5.24. The van der Waals surface area contributed by atoms with Crippen LogP contribution in [0, 0.1) is 0 Å². The maximum absolute atomic E-state index is 12.9. The molecule has 0 aliphatic carbocycles. The van der Waals surface area contributed by atoms with Crippen molar-refractivity contribution in [3.8, 4) is 17.0 Å². The van der Waals surface area contributed by atoms with Gasteiger partial charge in [-0.1, -0.05) is 30.3 Å². The second-order valence-corrected chi connectivity index (χ2v) is 7.43. The first-order chi connectivity index (χ1) is 15.6.